The van der Waals surface area contributed by atoms with Crippen LogP contribution in [0.2, 0.25) is 39.3 Å². The fraction of sp³-hybridized carbons (Fsp3) is 0.750. The molecule has 0 aliphatic carbocycles. The zero-order valence-corrected chi connectivity index (χ0v) is 11.8. The van der Waals surface area contributed by atoms with Gasteiger partial charge in [-0.25, -0.2) is 0 Å². The van der Waals surface area contributed by atoms with Crippen LogP contribution in [0.1, 0.15) is 0 Å². The van der Waals surface area contributed by atoms with Crippen molar-refractivity contribution >= 4 is 26.8 Å². The van der Waals surface area contributed by atoms with Gasteiger partial charge in [0.05, 0.1) is 10.7 Å². The second kappa shape index (κ2) is 4.26. The molecule has 0 spiro atoms. The zero-order chi connectivity index (χ0) is 11.6. The van der Waals surface area contributed by atoms with Gasteiger partial charge in [0.15, 0.2) is 0 Å². The summed E-state index contributed by atoms with van der Waals surface area (Å²) in [7, 11) is -3.47. The van der Waals surface area contributed by atoms with E-state index in [0.717, 1.165) is 0 Å². The minimum Gasteiger partial charge on any atom is -0.411 e. The number of hydrogen-bond donors (Lipinski definition) is 2. The molecule has 82 valence electrons. The fourth-order valence-corrected chi connectivity index (χ4v) is 5.48. The van der Waals surface area contributed by atoms with Crippen LogP contribution < -0.4 is 0 Å². The molecule has 0 heterocycles. The van der Waals surface area contributed by atoms with E-state index in [-0.39, 0.29) is 0 Å². The molecular weight excluding hydrogens is 212 g/mol. The van der Waals surface area contributed by atoms with Gasteiger partial charge < -0.3 is 10.4 Å². The summed E-state index contributed by atoms with van der Waals surface area (Å²) < 4.78 is 0. The third-order valence-electron chi connectivity index (χ3n) is 1.85. The molecule has 0 radical (unpaired) electrons. The Morgan fingerprint density at radius 1 is 0.714 bits per heavy atom. The van der Waals surface area contributed by atoms with Gasteiger partial charge >= 0.3 is 0 Å². The lowest BCUT2D eigenvalue weighted by atomic mass is 10.8. The van der Waals surface area contributed by atoms with Crippen LogP contribution in [0.5, 0.6) is 0 Å². The average Bonchev–Trinajstić information content (AvgIpc) is 1.94. The predicted molar refractivity (Wildman–Crippen MR) is 65.1 cm³/mol. The van der Waals surface area contributed by atoms with Crippen LogP contribution in [-0.2, 0) is 0 Å². The second-order valence-electron chi connectivity index (χ2n) is 5.40. The lowest BCUT2D eigenvalue weighted by Crippen LogP contribution is -2.49. The highest BCUT2D eigenvalue weighted by Crippen LogP contribution is 2.13. The first kappa shape index (κ1) is 13.4. The summed E-state index contributed by atoms with van der Waals surface area (Å²) in [5.74, 6) is 0. The first-order valence-corrected chi connectivity index (χ1v) is 11.6. The molecule has 6 heteroatoms. The molecule has 0 aromatic heterocycles. The lowest BCUT2D eigenvalue weighted by molar-refractivity contribution is 0.315. The van der Waals surface area contributed by atoms with E-state index in [1.54, 1.807) is 0 Å². The van der Waals surface area contributed by atoms with Crippen molar-refractivity contribution in [1.82, 2.24) is 0 Å². The molecule has 0 amide bonds. The zero-order valence-electron chi connectivity index (χ0n) is 9.79. The molecule has 0 saturated carbocycles. The summed E-state index contributed by atoms with van der Waals surface area (Å²) >= 11 is 0. The summed E-state index contributed by atoms with van der Waals surface area (Å²) in [6.45, 7) is 12.4. The van der Waals surface area contributed by atoms with Crippen LogP contribution in [0.25, 0.3) is 0 Å². The SMILES string of the molecule is C[Si](C)(C)C(=N/O)/C(=N\O)[Si](C)(C)C. The van der Waals surface area contributed by atoms with Crippen LogP contribution in [0.15, 0.2) is 10.3 Å². The number of rotatable bonds is 3. The van der Waals surface area contributed by atoms with Crippen LogP contribution in [0.4, 0.5) is 0 Å². The number of hydrogen-bond acceptors (Lipinski definition) is 4. The van der Waals surface area contributed by atoms with Gasteiger partial charge in [-0.2, -0.15) is 0 Å². The Morgan fingerprint density at radius 2 is 0.929 bits per heavy atom. The summed E-state index contributed by atoms with van der Waals surface area (Å²) in [5, 5.41) is 25.8. The molecule has 2 N–H and O–H groups in total. The van der Waals surface area contributed by atoms with Crippen molar-refractivity contribution in [3.8, 4) is 0 Å². The maximum Gasteiger partial charge on any atom is 0.108 e. The molecule has 0 bridgehead atoms. The normalized spacial score (nSPS) is 15.9. The molecule has 0 aromatic rings. The molecule has 14 heavy (non-hydrogen) atoms. The molecule has 4 nitrogen and oxygen atoms in total. The third kappa shape index (κ3) is 3.26. The smallest absolute Gasteiger partial charge is 0.108 e. The van der Waals surface area contributed by atoms with Gasteiger partial charge in [-0.15, -0.1) is 0 Å². The van der Waals surface area contributed by atoms with E-state index in [1.165, 1.54) is 0 Å². The Bertz CT molecular complexity index is 233. The molecule has 0 atom stereocenters. The second-order valence-corrected chi connectivity index (χ2v) is 15.3. The summed E-state index contributed by atoms with van der Waals surface area (Å²) in [6, 6.07) is 0. The van der Waals surface area contributed by atoms with Crippen molar-refractivity contribution in [3.63, 3.8) is 0 Å². The molecule has 0 fully saturated rings. The first-order valence-electron chi connectivity index (χ1n) is 4.60. The molecular formula is C8H20N2O2Si2. The van der Waals surface area contributed by atoms with Crippen molar-refractivity contribution in [3.05, 3.63) is 0 Å². The standard InChI is InChI=1S/C8H20N2O2Si2/c1-13(2,3)7(9-11)8(10-12)14(4,5)6/h11-12H,1-6H3/b9-7+,10-8+. The Kier molecular flexibility index (Phi) is 4.07. The monoisotopic (exact) mass is 232 g/mol. The molecule has 0 unspecified atom stereocenters. The summed E-state index contributed by atoms with van der Waals surface area (Å²) in [6.07, 6.45) is 0. The highest BCUT2D eigenvalue weighted by atomic mass is 28.3. The van der Waals surface area contributed by atoms with Gasteiger partial charge in [-0.05, 0) is 0 Å². The topological polar surface area (TPSA) is 65.2 Å². The van der Waals surface area contributed by atoms with E-state index in [9.17, 15) is 0 Å². The molecule has 0 aromatic carbocycles. The van der Waals surface area contributed by atoms with Crippen molar-refractivity contribution < 1.29 is 10.4 Å². The lowest BCUT2D eigenvalue weighted by Gasteiger charge is -2.25. The Hall–Kier alpha value is -0.626. The summed E-state index contributed by atoms with van der Waals surface area (Å²) in [5.41, 5.74) is 0. The average molecular weight is 232 g/mol. The quantitative estimate of drug-likeness (QED) is 0.340. The van der Waals surface area contributed by atoms with Gasteiger partial charge in [0.25, 0.3) is 0 Å². The Morgan fingerprint density at radius 3 is 1.00 bits per heavy atom. The number of oxime groups is 2. The van der Waals surface area contributed by atoms with Crippen LogP contribution in [-0.4, -0.2) is 37.2 Å². The Balaban J connectivity index is 5.27. The highest BCUT2D eigenvalue weighted by Gasteiger charge is 2.35. The van der Waals surface area contributed by atoms with Crippen molar-refractivity contribution in [2.75, 3.05) is 0 Å². The number of nitrogens with zero attached hydrogens (tertiary/aromatic N) is 2. The van der Waals surface area contributed by atoms with Crippen molar-refractivity contribution in [2.45, 2.75) is 39.3 Å². The predicted octanol–water partition coefficient (Wildman–Crippen LogP) is 2.40. The Labute approximate surface area is 87.3 Å². The van der Waals surface area contributed by atoms with Gasteiger partial charge in [0, 0.05) is 0 Å². The molecule has 0 aliphatic rings. The maximum absolute atomic E-state index is 8.98. The molecule has 0 saturated heterocycles. The van der Waals surface area contributed by atoms with E-state index in [2.05, 4.69) is 49.6 Å². The van der Waals surface area contributed by atoms with Crippen molar-refractivity contribution in [2.24, 2.45) is 10.3 Å². The summed E-state index contributed by atoms with van der Waals surface area (Å²) in [4.78, 5) is 0. The van der Waals surface area contributed by atoms with Crippen LogP contribution in [0.3, 0.4) is 0 Å². The van der Waals surface area contributed by atoms with E-state index < -0.39 is 16.1 Å². The molecule has 0 aliphatic heterocycles. The van der Waals surface area contributed by atoms with E-state index in [0.29, 0.717) is 10.7 Å². The van der Waals surface area contributed by atoms with E-state index >= 15 is 0 Å². The van der Waals surface area contributed by atoms with Gasteiger partial charge in [0.2, 0.25) is 0 Å². The maximum atomic E-state index is 8.98. The van der Waals surface area contributed by atoms with Crippen molar-refractivity contribution in [1.29, 1.82) is 0 Å². The minimum absolute atomic E-state index is 0.610. The fourth-order valence-electron chi connectivity index (χ4n) is 1.11. The molecule has 0 rings (SSSR count). The van der Waals surface area contributed by atoms with Crippen LogP contribution >= 0.6 is 0 Å². The minimum atomic E-state index is -1.74. The van der Waals surface area contributed by atoms with Gasteiger partial charge in [-0.1, -0.05) is 49.6 Å². The largest absolute Gasteiger partial charge is 0.411 e. The van der Waals surface area contributed by atoms with Gasteiger partial charge in [0.1, 0.15) is 16.1 Å². The van der Waals surface area contributed by atoms with Gasteiger partial charge in [-0.3, -0.25) is 0 Å². The highest BCUT2D eigenvalue weighted by molar-refractivity contribution is 7.28. The first-order chi connectivity index (χ1) is 6.14. The third-order valence-corrected chi connectivity index (χ3v) is 5.61. The van der Waals surface area contributed by atoms with E-state index in [4.69, 9.17) is 10.4 Å². The van der Waals surface area contributed by atoms with E-state index in [1.807, 2.05) is 0 Å². The van der Waals surface area contributed by atoms with Crippen LogP contribution in [0, 0.1) is 0 Å².